The maximum atomic E-state index is 11.2. The van der Waals surface area contributed by atoms with Gasteiger partial charge in [0.05, 0.1) is 13.2 Å². The number of esters is 1. The molecular weight excluding hydrogens is 192 g/mol. The zero-order valence-corrected chi connectivity index (χ0v) is 8.32. The Morgan fingerprint density at radius 2 is 2.38 bits per heavy atom. The molecule has 0 spiro atoms. The minimum atomic E-state index is -0.938. The number of nitrogens with one attached hydrogen (secondary N) is 1. The molecule has 1 saturated heterocycles. The highest BCUT2D eigenvalue weighted by Gasteiger charge is 2.40. The molecular formula is C8H13ClN2O2. The van der Waals surface area contributed by atoms with Crippen LogP contribution in [0.15, 0.2) is 0 Å². The number of hydrogen-bond acceptors (Lipinski definition) is 4. The van der Waals surface area contributed by atoms with Crippen LogP contribution < -0.4 is 5.32 Å². The Bertz CT molecular complexity index is 219. The number of ether oxygens (including phenoxy) is 1. The first-order valence-electron chi connectivity index (χ1n) is 3.95. The number of halogens is 1. The Balaban J connectivity index is 0.00000144. The van der Waals surface area contributed by atoms with Crippen molar-refractivity contribution in [3.05, 3.63) is 0 Å². The lowest BCUT2D eigenvalue weighted by molar-refractivity contribution is -0.150. The molecule has 0 amide bonds. The van der Waals surface area contributed by atoms with E-state index in [1.807, 2.05) is 6.07 Å². The highest BCUT2D eigenvalue weighted by Crippen LogP contribution is 2.26. The first kappa shape index (κ1) is 12.2. The van der Waals surface area contributed by atoms with Gasteiger partial charge in [-0.1, -0.05) is 0 Å². The lowest BCUT2D eigenvalue weighted by Gasteiger charge is -2.28. The summed E-state index contributed by atoms with van der Waals surface area (Å²) in [5.41, 5.74) is -0.938. The zero-order valence-electron chi connectivity index (χ0n) is 7.50. The van der Waals surface area contributed by atoms with Gasteiger partial charge in [0.1, 0.15) is 0 Å². The van der Waals surface area contributed by atoms with E-state index in [0.29, 0.717) is 13.0 Å². The maximum absolute atomic E-state index is 11.2. The van der Waals surface area contributed by atoms with Gasteiger partial charge in [0.2, 0.25) is 0 Å². The first-order chi connectivity index (χ1) is 5.75. The summed E-state index contributed by atoms with van der Waals surface area (Å²) in [6, 6.07) is 2.03. The van der Waals surface area contributed by atoms with E-state index in [0.717, 1.165) is 13.0 Å². The second-order valence-electron chi connectivity index (χ2n) is 2.97. The third kappa shape index (κ3) is 2.33. The molecule has 0 aliphatic carbocycles. The quantitative estimate of drug-likeness (QED) is 0.631. The summed E-state index contributed by atoms with van der Waals surface area (Å²) < 4.78 is 4.58. The van der Waals surface area contributed by atoms with Gasteiger partial charge >= 0.3 is 5.97 Å². The topological polar surface area (TPSA) is 62.1 Å². The van der Waals surface area contributed by atoms with Gasteiger partial charge in [0, 0.05) is 6.54 Å². The minimum Gasteiger partial charge on any atom is -0.468 e. The molecule has 5 heteroatoms. The normalized spacial score (nSPS) is 26.8. The summed E-state index contributed by atoms with van der Waals surface area (Å²) in [5, 5.41) is 11.9. The number of piperidine rings is 1. The van der Waals surface area contributed by atoms with Gasteiger partial charge in [-0.05, 0) is 19.4 Å². The average Bonchev–Trinajstić information content (AvgIpc) is 2.17. The Hall–Kier alpha value is -0.790. The van der Waals surface area contributed by atoms with Crippen LogP contribution >= 0.6 is 12.4 Å². The molecule has 0 aromatic carbocycles. The van der Waals surface area contributed by atoms with Crippen LogP contribution in [0, 0.1) is 16.7 Å². The second-order valence-corrected chi connectivity index (χ2v) is 2.97. The summed E-state index contributed by atoms with van der Waals surface area (Å²) in [6.45, 7) is 1.29. The van der Waals surface area contributed by atoms with Gasteiger partial charge < -0.3 is 10.1 Å². The van der Waals surface area contributed by atoms with Gasteiger partial charge in [-0.25, -0.2) is 0 Å². The van der Waals surface area contributed by atoms with Crippen LogP contribution in [0.25, 0.3) is 0 Å². The SMILES string of the molecule is COC(=O)C1(C#N)CCCNC1.Cl. The number of nitriles is 1. The summed E-state index contributed by atoms with van der Waals surface area (Å²) in [4.78, 5) is 11.2. The van der Waals surface area contributed by atoms with E-state index >= 15 is 0 Å². The Labute approximate surface area is 83.7 Å². The van der Waals surface area contributed by atoms with E-state index in [4.69, 9.17) is 5.26 Å². The molecule has 1 unspecified atom stereocenters. The van der Waals surface area contributed by atoms with Crippen LogP contribution in [-0.2, 0) is 9.53 Å². The van der Waals surface area contributed by atoms with Crippen molar-refractivity contribution in [3.8, 4) is 6.07 Å². The van der Waals surface area contributed by atoms with Crippen molar-refractivity contribution in [3.63, 3.8) is 0 Å². The third-order valence-electron chi connectivity index (χ3n) is 2.17. The number of methoxy groups -OCH3 is 1. The predicted molar refractivity (Wildman–Crippen MR) is 49.4 cm³/mol. The zero-order chi connectivity index (χ0) is 9.03. The maximum Gasteiger partial charge on any atom is 0.327 e. The van der Waals surface area contributed by atoms with Crippen LogP contribution in [-0.4, -0.2) is 26.2 Å². The van der Waals surface area contributed by atoms with E-state index < -0.39 is 11.4 Å². The van der Waals surface area contributed by atoms with Crippen molar-refractivity contribution >= 4 is 18.4 Å². The molecule has 0 saturated carbocycles. The van der Waals surface area contributed by atoms with Gasteiger partial charge in [0.15, 0.2) is 5.41 Å². The fraction of sp³-hybridized carbons (Fsp3) is 0.750. The molecule has 4 nitrogen and oxygen atoms in total. The van der Waals surface area contributed by atoms with Crippen molar-refractivity contribution in [1.29, 1.82) is 5.26 Å². The number of nitrogens with zero attached hydrogens (tertiary/aromatic N) is 1. The molecule has 1 aliphatic rings. The average molecular weight is 205 g/mol. The van der Waals surface area contributed by atoms with Gasteiger partial charge in [-0.15, -0.1) is 12.4 Å². The van der Waals surface area contributed by atoms with Gasteiger partial charge in [0.25, 0.3) is 0 Å². The fourth-order valence-electron chi connectivity index (χ4n) is 1.42. The number of carbonyl (C=O) groups excluding carboxylic acids is 1. The standard InChI is InChI=1S/C8H12N2O2.ClH/c1-12-7(11)8(5-9)3-2-4-10-6-8;/h10H,2-4,6H2,1H3;1H. The van der Waals surface area contributed by atoms with Crippen LogP contribution in [0.4, 0.5) is 0 Å². The Morgan fingerprint density at radius 3 is 2.77 bits per heavy atom. The smallest absolute Gasteiger partial charge is 0.327 e. The van der Waals surface area contributed by atoms with E-state index in [2.05, 4.69) is 10.1 Å². The molecule has 74 valence electrons. The van der Waals surface area contributed by atoms with Crippen LogP contribution in [0.1, 0.15) is 12.8 Å². The number of carbonyl (C=O) groups is 1. The molecule has 1 aliphatic heterocycles. The van der Waals surface area contributed by atoms with Crippen molar-refractivity contribution < 1.29 is 9.53 Å². The van der Waals surface area contributed by atoms with Crippen molar-refractivity contribution in [2.75, 3.05) is 20.2 Å². The molecule has 0 aromatic rings. The lowest BCUT2D eigenvalue weighted by Crippen LogP contribution is -2.45. The summed E-state index contributed by atoms with van der Waals surface area (Å²) in [6.07, 6.45) is 1.45. The number of hydrogen-bond donors (Lipinski definition) is 1. The molecule has 1 N–H and O–H groups in total. The molecule has 1 heterocycles. The largest absolute Gasteiger partial charge is 0.468 e. The Morgan fingerprint density at radius 1 is 1.69 bits per heavy atom. The monoisotopic (exact) mass is 204 g/mol. The van der Waals surface area contributed by atoms with Crippen LogP contribution in [0.3, 0.4) is 0 Å². The Kier molecular flexibility index (Phi) is 4.74. The van der Waals surface area contributed by atoms with Crippen LogP contribution in [0.2, 0.25) is 0 Å². The van der Waals surface area contributed by atoms with E-state index in [1.54, 1.807) is 0 Å². The lowest BCUT2D eigenvalue weighted by atomic mass is 9.82. The van der Waals surface area contributed by atoms with Gasteiger partial charge in [-0.3, -0.25) is 4.79 Å². The van der Waals surface area contributed by atoms with E-state index in [-0.39, 0.29) is 12.4 Å². The summed E-state index contributed by atoms with van der Waals surface area (Å²) >= 11 is 0. The number of rotatable bonds is 1. The van der Waals surface area contributed by atoms with Crippen LogP contribution in [0.5, 0.6) is 0 Å². The molecule has 1 atom stereocenters. The predicted octanol–water partition coefficient (Wildman–Crippen LogP) is 0.475. The van der Waals surface area contributed by atoms with Crippen molar-refractivity contribution in [1.82, 2.24) is 5.32 Å². The summed E-state index contributed by atoms with van der Waals surface area (Å²) in [5.74, 6) is -0.419. The van der Waals surface area contributed by atoms with Crippen molar-refractivity contribution in [2.45, 2.75) is 12.8 Å². The molecule has 1 fully saturated rings. The fourth-order valence-corrected chi connectivity index (χ4v) is 1.42. The molecule has 0 aromatic heterocycles. The molecule has 0 bridgehead atoms. The van der Waals surface area contributed by atoms with Gasteiger partial charge in [-0.2, -0.15) is 5.26 Å². The minimum absolute atomic E-state index is 0. The molecule has 0 radical (unpaired) electrons. The highest BCUT2D eigenvalue weighted by molar-refractivity contribution is 5.85. The first-order valence-corrected chi connectivity index (χ1v) is 3.95. The van der Waals surface area contributed by atoms with E-state index in [9.17, 15) is 4.79 Å². The second kappa shape index (κ2) is 5.05. The molecule has 13 heavy (non-hydrogen) atoms. The highest BCUT2D eigenvalue weighted by atomic mass is 35.5. The third-order valence-corrected chi connectivity index (χ3v) is 2.17. The summed E-state index contributed by atoms with van der Waals surface area (Å²) in [7, 11) is 1.32. The molecule has 1 rings (SSSR count). The van der Waals surface area contributed by atoms with Crippen molar-refractivity contribution in [2.24, 2.45) is 5.41 Å². The van der Waals surface area contributed by atoms with E-state index in [1.165, 1.54) is 7.11 Å².